The summed E-state index contributed by atoms with van der Waals surface area (Å²) in [6.45, 7) is 13.1. The summed E-state index contributed by atoms with van der Waals surface area (Å²) in [5, 5.41) is 2.94. The molecule has 0 saturated heterocycles. The quantitative estimate of drug-likeness (QED) is 0.717. The van der Waals surface area contributed by atoms with Gasteiger partial charge >= 0.3 is 0 Å². The summed E-state index contributed by atoms with van der Waals surface area (Å²) in [5.41, 5.74) is 3.40. The third-order valence-electron chi connectivity index (χ3n) is 4.17. The lowest BCUT2D eigenvalue weighted by Crippen LogP contribution is -2.39. The summed E-state index contributed by atoms with van der Waals surface area (Å²) < 4.78 is 5.85. The van der Waals surface area contributed by atoms with Crippen molar-refractivity contribution in [1.82, 2.24) is 9.88 Å². The monoisotopic (exact) mass is 360 g/mol. The Balaban J connectivity index is 1.99. The minimum atomic E-state index is -0.00591. The molecule has 0 aliphatic carbocycles. The number of carbonyl (C=O) groups excluding carboxylic acids is 1. The number of thiazole rings is 1. The van der Waals surface area contributed by atoms with E-state index < -0.39 is 0 Å². The van der Waals surface area contributed by atoms with Gasteiger partial charge in [0.25, 0.3) is 0 Å². The van der Waals surface area contributed by atoms with E-state index in [9.17, 15) is 4.79 Å². The van der Waals surface area contributed by atoms with E-state index in [-0.39, 0.29) is 17.9 Å². The molecule has 1 amide bonds. The van der Waals surface area contributed by atoms with Crippen LogP contribution in [0.25, 0.3) is 0 Å². The molecule has 0 atom stereocenters. The average molecular weight is 361 g/mol. The number of aryl methyl sites for hydroxylation is 2. The highest BCUT2D eigenvalue weighted by Crippen LogP contribution is 2.20. The molecule has 0 saturated carbocycles. The minimum absolute atomic E-state index is 0.00591. The van der Waals surface area contributed by atoms with Crippen LogP contribution in [0, 0.1) is 19.8 Å². The topological polar surface area (TPSA) is 42.4 Å². The van der Waals surface area contributed by atoms with E-state index in [0.29, 0.717) is 13.2 Å². The maximum Gasteiger partial charge on any atom is 0.225 e. The van der Waals surface area contributed by atoms with Gasteiger partial charge in [-0.25, -0.2) is 4.98 Å². The number of amides is 1. The molecular weight excluding hydrogens is 332 g/mol. The lowest BCUT2D eigenvalue weighted by atomic mass is 10.1. The van der Waals surface area contributed by atoms with Crippen LogP contribution in [0.2, 0.25) is 0 Å². The Morgan fingerprint density at radius 2 is 1.92 bits per heavy atom. The molecule has 136 valence electrons. The SMILES string of the molecule is Cc1ccc(OCc2nc(CN(C(=O)C(C)C)C(C)C)cs2)cc1C. The number of ether oxygens (including phenoxy) is 1. The average Bonchev–Trinajstić information content (AvgIpc) is 3.00. The Morgan fingerprint density at radius 3 is 2.52 bits per heavy atom. The van der Waals surface area contributed by atoms with Gasteiger partial charge in [-0.3, -0.25) is 4.79 Å². The van der Waals surface area contributed by atoms with Gasteiger partial charge in [0.15, 0.2) is 0 Å². The van der Waals surface area contributed by atoms with Gasteiger partial charge in [0.05, 0.1) is 12.2 Å². The van der Waals surface area contributed by atoms with Crippen LogP contribution in [-0.2, 0) is 17.9 Å². The van der Waals surface area contributed by atoms with Gasteiger partial charge < -0.3 is 9.64 Å². The first-order valence-corrected chi connectivity index (χ1v) is 9.59. The lowest BCUT2D eigenvalue weighted by Gasteiger charge is -2.27. The highest BCUT2D eigenvalue weighted by atomic mass is 32.1. The van der Waals surface area contributed by atoms with E-state index in [1.54, 1.807) is 11.3 Å². The van der Waals surface area contributed by atoms with Crippen LogP contribution in [-0.4, -0.2) is 21.8 Å². The van der Waals surface area contributed by atoms with Gasteiger partial charge in [-0.05, 0) is 51.0 Å². The number of nitrogens with zero attached hydrogens (tertiary/aromatic N) is 2. The Labute approximate surface area is 154 Å². The molecule has 4 nitrogen and oxygen atoms in total. The van der Waals surface area contributed by atoms with Crippen LogP contribution >= 0.6 is 11.3 Å². The van der Waals surface area contributed by atoms with E-state index in [1.807, 2.05) is 50.1 Å². The first-order chi connectivity index (χ1) is 11.8. The molecule has 2 aromatic rings. The smallest absolute Gasteiger partial charge is 0.225 e. The number of hydrogen-bond acceptors (Lipinski definition) is 4. The van der Waals surface area contributed by atoms with Crippen LogP contribution in [0.15, 0.2) is 23.6 Å². The van der Waals surface area contributed by atoms with Gasteiger partial charge in [0.1, 0.15) is 17.4 Å². The largest absolute Gasteiger partial charge is 0.486 e. The van der Waals surface area contributed by atoms with E-state index in [1.165, 1.54) is 11.1 Å². The van der Waals surface area contributed by atoms with E-state index >= 15 is 0 Å². The van der Waals surface area contributed by atoms with Gasteiger partial charge in [-0.15, -0.1) is 11.3 Å². The van der Waals surface area contributed by atoms with Crippen molar-refractivity contribution >= 4 is 17.2 Å². The molecular formula is C20H28N2O2S. The van der Waals surface area contributed by atoms with Crippen LogP contribution in [0.3, 0.4) is 0 Å². The Morgan fingerprint density at radius 1 is 1.20 bits per heavy atom. The van der Waals surface area contributed by atoms with Gasteiger partial charge in [0, 0.05) is 17.3 Å². The molecule has 1 aromatic carbocycles. The molecule has 1 heterocycles. The molecule has 1 aromatic heterocycles. The first-order valence-electron chi connectivity index (χ1n) is 8.71. The molecule has 0 fully saturated rings. The van der Waals surface area contributed by atoms with E-state index in [2.05, 4.69) is 24.9 Å². The Kier molecular flexibility index (Phi) is 6.59. The Hall–Kier alpha value is -1.88. The summed E-state index contributed by atoms with van der Waals surface area (Å²) in [7, 11) is 0. The number of carbonyl (C=O) groups is 1. The molecule has 0 N–H and O–H groups in total. The molecule has 0 spiro atoms. The van der Waals surface area contributed by atoms with Crippen molar-refractivity contribution in [3.05, 3.63) is 45.4 Å². The number of aromatic nitrogens is 1. The van der Waals surface area contributed by atoms with E-state index in [4.69, 9.17) is 4.74 Å². The van der Waals surface area contributed by atoms with Crippen LogP contribution < -0.4 is 4.74 Å². The molecule has 2 rings (SSSR count). The van der Waals surface area contributed by atoms with Crippen molar-refractivity contribution in [2.75, 3.05) is 0 Å². The van der Waals surface area contributed by atoms with E-state index in [0.717, 1.165) is 16.5 Å². The number of hydrogen-bond donors (Lipinski definition) is 0. The third-order valence-corrected chi connectivity index (χ3v) is 5.04. The molecule has 0 radical (unpaired) electrons. The molecule has 0 aliphatic rings. The van der Waals surface area contributed by atoms with Crippen molar-refractivity contribution in [3.63, 3.8) is 0 Å². The van der Waals surface area contributed by atoms with Gasteiger partial charge in [0.2, 0.25) is 5.91 Å². The predicted molar refractivity (Wildman–Crippen MR) is 103 cm³/mol. The Bertz CT molecular complexity index is 722. The van der Waals surface area contributed by atoms with Crippen molar-refractivity contribution in [3.8, 4) is 5.75 Å². The maximum absolute atomic E-state index is 12.3. The fourth-order valence-electron chi connectivity index (χ4n) is 2.46. The number of rotatable bonds is 7. The zero-order chi connectivity index (χ0) is 18.6. The van der Waals surface area contributed by atoms with Crippen molar-refractivity contribution < 1.29 is 9.53 Å². The highest BCUT2D eigenvalue weighted by molar-refractivity contribution is 7.09. The fourth-order valence-corrected chi connectivity index (χ4v) is 3.15. The van der Waals surface area contributed by atoms with Crippen molar-refractivity contribution in [2.45, 2.75) is 60.7 Å². The minimum Gasteiger partial charge on any atom is -0.486 e. The predicted octanol–water partition coefficient (Wildman–Crippen LogP) is 4.73. The second-order valence-electron chi connectivity index (χ2n) is 6.98. The second-order valence-corrected chi connectivity index (χ2v) is 7.92. The lowest BCUT2D eigenvalue weighted by molar-refractivity contribution is -0.136. The summed E-state index contributed by atoms with van der Waals surface area (Å²) in [6, 6.07) is 6.26. The van der Waals surface area contributed by atoms with Gasteiger partial charge in [-0.2, -0.15) is 0 Å². The summed E-state index contributed by atoms with van der Waals surface area (Å²) in [6.07, 6.45) is 0. The number of benzene rings is 1. The standard InChI is InChI=1S/C20H28N2O2S/c1-13(2)20(23)22(14(3)4)10-17-12-25-19(21-17)11-24-18-8-7-15(5)16(6)9-18/h7-9,12-14H,10-11H2,1-6H3. The zero-order valence-electron chi connectivity index (χ0n) is 16.0. The zero-order valence-corrected chi connectivity index (χ0v) is 16.8. The summed E-state index contributed by atoms with van der Waals surface area (Å²) in [4.78, 5) is 18.9. The normalized spacial score (nSPS) is 11.2. The molecule has 0 bridgehead atoms. The highest BCUT2D eigenvalue weighted by Gasteiger charge is 2.21. The first kappa shape index (κ1) is 19.4. The fraction of sp³-hybridized carbons (Fsp3) is 0.500. The summed E-state index contributed by atoms with van der Waals surface area (Å²) in [5.74, 6) is 1.02. The molecule has 5 heteroatoms. The molecule has 0 unspecified atom stereocenters. The second kappa shape index (κ2) is 8.48. The van der Waals surface area contributed by atoms with Crippen LogP contribution in [0.5, 0.6) is 5.75 Å². The van der Waals surface area contributed by atoms with Crippen molar-refractivity contribution in [2.24, 2.45) is 5.92 Å². The maximum atomic E-state index is 12.3. The summed E-state index contributed by atoms with van der Waals surface area (Å²) >= 11 is 1.58. The van der Waals surface area contributed by atoms with Gasteiger partial charge in [-0.1, -0.05) is 19.9 Å². The molecule has 0 aliphatic heterocycles. The van der Waals surface area contributed by atoms with Crippen LogP contribution in [0.1, 0.15) is 49.5 Å². The molecule has 25 heavy (non-hydrogen) atoms. The third kappa shape index (κ3) is 5.30. The van der Waals surface area contributed by atoms with Crippen LogP contribution in [0.4, 0.5) is 0 Å². The van der Waals surface area contributed by atoms with Crippen molar-refractivity contribution in [1.29, 1.82) is 0 Å².